The summed E-state index contributed by atoms with van der Waals surface area (Å²) >= 11 is 1.42. The van der Waals surface area contributed by atoms with E-state index in [1.165, 1.54) is 35.6 Å². The fourth-order valence-electron chi connectivity index (χ4n) is 2.80. The first-order valence-electron chi connectivity index (χ1n) is 7.96. The van der Waals surface area contributed by atoms with Crippen LogP contribution in [0.5, 0.6) is 11.5 Å². The van der Waals surface area contributed by atoms with Crippen LogP contribution in [0, 0.1) is 20.2 Å². The van der Waals surface area contributed by atoms with Crippen LogP contribution < -0.4 is 9.47 Å². The summed E-state index contributed by atoms with van der Waals surface area (Å²) in [7, 11) is 0. The van der Waals surface area contributed by atoms with Gasteiger partial charge in [0, 0.05) is 24.3 Å². The van der Waals surface area contributed by atoms with Crippen LogP contribution in [0.25, 0.3) is 20.9 Å². The average Bonchev–Trinajstić information content (AvgIpc) is 3.08. The Morgan fingerprint density at radius 2 is 1.07 bits per heavy atom. The summed E-state index contributed by atoms with van der Waals surface area (Å²) in [6, 6.07) is 12.4. The highest BCUT2D eigenvalue weighted by atomic mass is 32.1. The van der Waals surface area contributed by atoms with Gasteiger partial charge in [-0.25, -0.2) is 0 Å². The third-order valence-electron chi connectivity index (χ3n) is 4.08. The van der Waals surface area contributed by atoms with Gasteiger partial charge in [0.2, 0.25) is 0 Å². The molecule has 1 aliphatic rings. The van der Waals surface area contributed by atoms with Gasteiger partial charge in [0.1, 0.15) is 13.2 Å². The number of ether oxygens (including phenoxy) is 2. The molecule has 0 N–H and O–H groups in total. The molecule has 0 unspecified atom stereocenters. The number of rotatable bonds is 4. The number of hydrogen-bond acceptors (Lipinski definition) is 7. The third-order valence-corrected chi connectivity index (χ3v) is 5.33. The van der Waals surface area contributed by atoms with Crippen molar-refractivity contribution in [3.63, 3.8) is 0 Å². The minimum Gasteiger partial charge on any atom is -0.485 e. The lowest BCUT2D eigenvalue weighted by Gasteiger charge is -2.17. The monoisotopic (exact) mass is 384 g/mol. The van der Waals surface area contributed by atoms with Gasteiger partial charge in [0.25, 0.3) is 11.4 Å². The van der Waals surface area contributed by atoms with Gasteiger partial charge in [-0.1, -0.05) is 0 Å². The Balaban J connectivity index is 1.80. The number of hydrogen-bond donors (Lipinski definition) is 0. The van der Waals surface area contributed by atoms with Gasteiger partial charge in [-0.15, -0.1) is 11.3 Å². The number of nitro groups is 2. The van der Waals surface area contributed by atoms with Gasteiger partial charge in [0.05, 0.1) is 19.6 Å². The van der Waals surface area contributed by atoms with Gasteiger partial charge in [-0.2, -0.15) is 0 Å². The summed E-state index contributed by atoms with van der Waals surface area (Å²) < 4.78 is 11.6. The maximum Gasteiger partial charge on any atom is 0.269 e. The molecule has 1 aromatic heterocycles. The van der Waals surface area contributed by atoms with Crippen LogP contribution in [-0.4, -0.2) is 23.1 Å². The molecule has 0 saturated heterocycles. The fourth-order valence-corrected chi connectivity index (χ4v) is 4.00. The van der Waals surface area contributed by atoms with Crippen molar-refractivity contribution < 1.29 is 19.3 Å². The molecule has 0 radical (unpaired) electrons. The molecule has 0 amide bonds. The molecule has 2 heterocycles. The van der Waals surface area contributed by atoms with Gasteiger partial charge in [-0.3, -0.25) is 20.2 Å². The van der Waals surface area contributed by atoms with E-state index in [0.29, 0.717) is 24.7 Å². The number of non-ortho nitro benzene ring substituents is 2. The van der Waals surface area contributed by atoms with E-state index < -0.39 is 9.85 Å². The second-order valence-corrected chi connectivity index (χ2v) is 6.74. The van der Waals surface area contributed by atoms with E-state index in [9.17, 15) is 20.2 Å². The summed E-state index contributed by atoms with van der Waals surface area (Å²) in [5.74, 6) is 1.18. The molecule has 0 aliphatic carbocycles. The lowest BCUT2D eigenvalue weighted by atomic mass is 10.1. The topological polar surface area (TPSA) is 105 Å². The zero-order valence-corrected chi connectivity index (χ0v) is 14.6. The highest BCUT2D eigenvalue weighted by Crippen LogP contribution is 2.53. The number of fused-ring (bicyclic) bond motifs is 1. The van der Waals surface area contributed by atoms with Crippen molar-refractivity contribution in [1.82, 2.24) is 0 Å². The lowest BCUT2D eigenvalue weighted by molar-refractivity contribution is -0.385. The summed E-state index contributed by atoms with van der Waals surface area (Å²) in [6.07, 6.45) is 0. The molecule has 1 aliphatic heterocycles. The van der Waals surface area contributed by atoms with Gasteiger partial charge >= 0.3 is 0 Å². The van der Waals surface area contributed by atoms with Crippen molar-refractivity contribution in [1.29, 1.82) is 0 Å². The van der Waals surface area contributed by atoms with Crippen molar-refractivity contribution in [2.75, 3.05) is 13.2 Å². The minimum atomic E-state index is -0.449. The van der Waals surface area contributed by atoms with Crippen LogP contribution in [-0.2, 0) is 0 Å². The molecule has 0 saturated carbocycles. The molecular weight excluding hydrogens is 372 g/mol. The lowest BCUT2D eigenvalue weighted by Crippen LogP contribution is -2.14. The van der Waals surface area contributed by atoms with Crippen molar-refractivity contribution in [3.8, 4) is 32.4 Å². The van der Waals surface area contributed by atoms with E-state index in [0.717, 1.165) is 20.9 Å². The standard InChI is InChI=1S/C18H12N2O6S/c21-19(22)13-5-1-11(2-6-13)17-15-16(26-10-9-25-15)18(27-17)12-3-7-14(8-4-12)20(23)24/h1-8H,9-10H2. The summed E-state index contributed by atoms with van der Waals surface area (Å²) in [5.41, 5.74) is 1.58. The summed E-state index contributed by atoms with van der Waals surface area (Å²) in [5, 5.41) is 21.7. The van der Waals surface area contributed by atoms with Crippen LogP contribution >= 0.6 is 11.3 Å². The first-order valence-corrected chi connectivity index (χ1v) is 8.78. The molecule has 0 bridgehead atoms. The van der Waals surface area contributed by atoms with E-state index in [2.05, 4.69) is 0 Å². The zero-order chi connectivity index (χ0) is 19.0. The van der Waals surface area contributed by atoms with E-state index in [1.807, 2.05) is 0 Å². The maximum absolute atomic E-state index is 10.9. The van der Waals surface area contributed by atoms with Crippen molar-refractivity contribution in [2.45, 2.75) is 0 Å². The molecule has 0 atom stereocenters. The molecule has 0 spiro atoms. The highest BCUT2D eigenvalue weighted by molar-refractivity contribution is 7.19. The summed E-state index contributed by atoms with van der Waals surface area (Å²) in [6.45, 7) is 0.812. The Hall–Kier alpha value is -3.46. The Morgan fingerprint density at radius 3 is 1.41 bits per heavy atom. The van der Waals surface area contributed by atoms with Crippen LogP contribution in [0.2, 0.25) is 0 Å². The van der Waals surface area contributed by atoms with Crippen LogP contribution in [0.3, 0.4) is 0 Å². The minimum absolute atomic E-state index is 0.0111. The van der Waals surface area contributed by atoms with Gasteiger partial charge in [-0.05, 0) is 35.4 Å². The molecule has 136 valence electrons. The predicted molar refractivity (Wildman–Crippen MR) is 99.5 cm³/mol. The molecule has 2 aromatic carbocycles. The van der Waals surface area contributed by atoms with Gasteiger partial charge < -0.3 is 9.47 Å². The first-order chi connectivity index (χ1) is 13.0. The summed E-state index contributed by atoms with van der Waals surface area (Å²) in [4.78, 5) is 22.4. The van der Waals surface area contributed by atoms with Crippen LogP contribution in [0.1, 0.15) is 0 Å². The normalized spacial score (nSPS) is 12.6. The molecule has 9 heteroatoms. The third kappa shape index (κ3) is 3.08. The second-order valence-electron chi connectivity index (χ2n) is 5.72. The number of nitro benzene ring substituents is 2. The van der Waals surface area contributed by atoms with Crippen LogP contribution in [0.4, 0.5) is 11.4 Å². The molecule has 4 rings (SSSR count). The molecule has 0 fully saturated rings. The Kier molecular flexibility index (Phi) is 4.21. The molecule has 27 heavy (non-hydrogen) atoms. The second kappa shape index (κ2) is 6.69. The Labute approximate surface area is 156 Å². The van der Waals surface area contributed by atoms with Gasteiger partial charge in [0.15, 0.2) is 11.5 Å². The number of benzene rings is 2. The van der Waals surface area contributed by atoms with E-state index in [4.69, 9.17) is 9.47 Å². The quantitative estimate of drug-likeness (QED) is 0.478. The smallest absolute Gasteiger partial charge is 0.269 e. The Bertz CT molecular complexity index is 945. The highest BCUT2D eigenvalue weighted by Gasteiger charge is 2.26. The Morgan fingerprint density at radius 1 is 0.704 bits per heavy atom. The van der Waals surface area contributed by atoms with Crippen LogP contribution in [0.15, 0.2) is 48.5 Å². The maximum atomic E-state index is 10.9. The first kappa shape index (κ1) is 17.0. The fraction of sp³-hybridized carbons (Fsp3) is 0.111. The largest absolute Gasteiger partial charge is 0.485 e. The SMILES string of the molecule is O=[N+]([O-])c1ccc(-c2sc(-c3ccc([N+](=O)[O-])cc3)c3c2OCCO3)cc1. The number of thiophene rings is 1. The van der Waals surface area contributed by atoms with Crippen molar-refractivity contribution in [3.05, 3.63) is 68.8 Å². The number of nitrogens with zero attached hydrogens (tertiary/aromatic N) is 2. The molecule has 8 nitrogen and oxygen atoms in total. The predicted octanol–water partition coefficient (Wildman–Crippen LogP) is 4.67. The zero-order valence-electron chi connectivity index (χ0n) is 13.8. The molecular formula is C18H12N2O6S. The van der Waals surface area contributed by atoms with E-state index in [-0.39, 0.29) is 11.4 Å². The van der Waals surface area contributed by atoms with Crippen molar-refractivity contribution in [2.24, 2.45) is 0 Å². The molecule has 3 aromatic rings. The van der Waals surface area contributed by atoms with E-state index in [1.54, 1.807) is 24.3 Å². The average molecular weight is 384 g/mol. The van der Waals surface area contributed by atoms with E-state index >= 15 is 0 Å². The van der Waals surface area contributed by atoms with Crippen molar-refractivity contribution >= 4 is 22.7 Å².